The number of aryl methyl sites for hydroxylation is 1. The first-order valence-corrected chi connectivity index (χ1v) is 10.2. The maximum Gasteiger partial charge on any atom is 0.223 e. The SMILES string of the molecule is Cn1cnnc1[C@H]1CCCN(C(=O)CC23CC4CC(CC(C4)C2)C3)C1. The minimum atomic E-state index is 0.349. The van der Waals surface area contributed by atoms with E-state index in [0.29, 0.717) is 17.2 Å². The molecule has 2 heterocycles. The van der Waals surface area contributed by atoms with Crippen LogP contribution in [0, 0.1) is 23.2 Å². The van der Waals surface area contributed by atoms with Gasteiger partial charge in [0.1, 0.15) is 12.2 Å². The molecule has 0 N–H and O–H groups in total. The Morgan fingerprint density at radius 2 is 1.88 bits per heavy atom. The van der Waals surface area contributed by atoms with E-state index in [4.69, 9.17) is 0 Å². The third-order valence-electron chi connectivity index (χ3n) is 7.58. The van der Waals surface area contributed by atoms with E-state index in [9.17, 15) is 4.79 Å². The van der Waals surface area contributed by atoms with Gasteiger partial charge in [0.15, 0.2) is 0 Å². The second kappa shape index (κ2) is 5.82. The highest BCUT2D eigenvalue weighted by Gasteiger charge is 2.51. The fourth-order valence-corrected chi connectivity index (χ4v) is 7.02. The predicted molar refractivity (Wildman–Crippen MR) is 94.8 cm³/mol. The van der Waals surface area contributed by atoms with Gasteiger partial charge in [-0.1, -0.05) is 0 Å². The van der Waals surface area contributed by atoms with Crippen molar-refractivity contribution in [3.8, 4) is 0 Å². The number of hydrogen-bond donors (Lipinski definition) is 0. The van der Waals surface area contributed by atoms with Crippen LogP contribution in [0.25, 0.3) is 0 Å². The summed E-state index contributed by atoms with van der Waals surface area (Å²) in [6.07, 6.45) is 13.1. The number of carbonyl (C=O) groups excluding carboxylic acids is 1. The Kier molecular flexibility index (Phi) is 3.68. The van der Waals surface area contributed by atoms with Gasteiger partial charge in [-0.3, -0.25) is 4.79 Å². The van der Waals surface area contributed by atoms with Crippen LogP contribution in [0.1, 0.15) is 69.5 Å². The molecule has 1 aliphatic heterocycles. The van der Waals surface area contributed by atoms with Gasteiger partial charge in [0.2, 0.25) is 5.91 Å². The van der Waals surface area contributed by atoms with Crippen molar-refractivity contribution in [1.29, 1.82) is 0 Å². The third kappa shape index (κ3) is 2.80. The topological polar surface area (TPSA) is 51.0 Å². The average Bonchev–Trinajstić information content (AvgIpc) is 2.99. The van der Waals surface area contributed by atoms with Gasteiger partial charge in [-0.15, -0.1) is 10.2 Å². The van der Waals surface area contributed by atoms with Crippen LogP contribution < -0.4 is 0 Å². The van der Waals surface area contributed by atoms with Crippen molar-refractivity contribution in [1.82, 2.24) is 19.7 Å². The fourth-order valence-electron chi connectivity index (χ4n) is 7.02. The van der Waals surface area contributed by atoms with Gasteiger partial charge < -0.3 is 9.47 Å². The molecule has 4 bridgehead atoms. The van der Waals surface area contributed by atoms with Gasteiger partial charge in [-0.05, 0) is 74.5 Å². The molecule has 0 radical (unpaired) electrons. The molecule has 1 saturated heterocycles. The smallest absolute Gasteiger partial charge is 0.223 e. The highest BCUT2D eigenvalue weighted by molar-refractivity contribution is 5.77. The van der Waals surface area contributed by atoms with E-state index in [1.165, 1.54) is 38.5 Å². The van der Waals surface area contributed by atoms with Gasteiger partial charge in [0, 0.05) is 32.5 Å². The lowest BCUT2D eigenvalue weighted by atomic mass is 9.49. The van der Waals surface area contributed by atoms with Crippen molar-refractivity contribution in [2.45, 2.75) is 63.7 Å². The van der Waals surface area contributed by atoms with Crippen molar-refractivity contribution in [3.05, 3.63) is 12.2 Å². The number of hydrogen-bond acceptors (Lipinski definition) is 3. The minimum absolute atomic E-state index is 0.349. The van der Waals surface area contributed by atoms with Crippen molar-refractivity contribution in [3.63, 3.8) is 0 Å². The first-order chi connectivity index (χ1) is 12.1. The van der Waals surface area contributed by atoms with Crippen LogP contribution in [-0.4, -0.2) is 38.7 Å². The lowest BCUT2D eigenvalue weighted by Crippen LogP contribution is -2.49. The molecule has 4 saturated carbocycles. The van der Waals surface area contributed by atoms with E-state index in [-0.39, 0.29) is 0 Å². The van der Waals surface area contributed by atoms with Gasteiger partial charge in [-0.25, -0.2) is 0 Å². The molecule has 4 aliphatic carbocycles. The van der Waals surface area contributed by atoms with Crippen LogP contribution in [0.4, 0.5) is 0 Å². The van der Waals surface area contributed by atoms with Gasteiger partial charge >= 0.3 is 0 Å². The monoisotopic (exact) mass is 342 g/mol. The average molecular weight is 342 g/mol. The van der Waals surface area contributed by atoms with Crippen molar-refractivity contribution < 1.29 is 4.79 Å². The Hall–Kier alpha value is -1.39. The Morgan fingerprint density at radius 1 is 1.20 bits per heavy atom. The summed E-state index contributed by atoms with van der Waals surface area (Å²) in [5, 5.41) is 8.31. The number of amides is 1. The maximum atomic E-state index is 13.2. The molecule has 6 rings (SSSR count). The summed E-state index contributed by atoms with van der Waals surface area (Å²) in [7, 11) is 2.01. The zero-order valence-electron chi connectivity index (χ0n) is 15.4. The van der Waals surface area contributed by atoms with Crippen LogP contribution in [0.15, 0.2) is 6.33 Å². The van der Waals surface area contributed by atoms with E-state index in [1.807, 2.05) is 11.6 Å². The summed E-state index contributed by atoms with van der Waals surface area (Å²) in [4.78, 5) is 15.3. The Labute approximate surface area is 150 Å². The van der Waals surface area contributed by atoms with Crippen molar-refractivity contribution in [2.75, 3.05) is 13.1 Å². The molecule has 5 fully saturated rings. The quantitative estimate of drug-likeness (QED) is 0.848. The molecule has 136 valence electrons. The Bertz CT molecular complexity index is 631. The highest BCUT2D eigenvalue weighted by atomic mass is 16.2. The molecular formula is C20H30N4O. The minimum Gasteiger partial charge on any atom is -0.342 e. The molecule has 1 amide bonds. The van der Waals surface area contributed by atoms with Crippen molar-refractivity contribution in [2.24, 2.45) is 30.2 Å². The number of rotatable bonds is 3. The summed E-state index contributed by atoms with van der Waals surface area (Å²) < 4.78 is 2.01. The number of carbonyl (C=O) groups is 1. The number of aromatic nitrogens is 3. The van der Waals surface area contributed by atoms with E-state index in [2.05, 4.69) is 15.1 Å². The molecule has 5 heteroatoms. The zero-order chi connectivity index (χ0) is 17.0. The molecular weight excluding hydrogens is 312 g/mol. The summed E-state index contributed by atoms with van der Waals surface area (Å²) in [6, 6.07) is 0. The lowest BCUT2D eigenvalue weighted by Gasteiger charge is -2.57. The van der Waals surface area contributed by atoms with Crippen LogP contribution in [0.3, 0.4) is 0 Å². The fraction of sp³-hybridized carbons (Fsp3) is 0.850. The number of likely N-dealkylation sites (tertiary alicyclic amines) is 1. The normalized spacial score (nSPS) is 39.8. The van der Waals surface area contributed by atoms with Crippen LogP contribution in [0.2, 0.25) is 0 Å². The van der Waals surface area contributed by atoms with E-state index in [1.54, 1.807) is 6.33 Å². The van der Waals surface area contributed by atoms with Crippen LogP contribution >= 0.6 is 0 Å². The van der Waals surface area contributed by atoms with Crippen molar-refractivity contribution >= 4 is 5.91 Å². The molecule has 0 spiro atoms. The molecule has 5 nitrogen and oxygen atoms in total. The summed E-state index contributed by atoms with van der Waals surface area (Å²) >= 11 is 0. The lowest BCUT2D eigenvalue weighted by molar-refractivity contribution is -0.140. The van der Waals surface area contributed by atoms with E-state index in [0.717, 1.165) is 55.9 Å². The third-order valence-corrected chi connectivity index (χ3v) is 7.58. The van der Waals surface area contributed by atoms with E-state index < -0.39 is 0 Å². The standard InChI is InChI=1S/C20H30N4O/c1-23-13-21-22-19(23)17-3-2-4-24(12-17)18(25)11-20-8-14-5-15(9-20)7-16(6-14)10-20/h13-17H,2-12H2,1H3/t14?,15?,16?,17-,20?/m0/s1. The Morgan fingerprint density at radius 3 is 2.48 bits per heavy atom. The van der Waals surface area contributed by atoms with Crippen LogP contribution in [-0.2, 0) is 11.8 Å². The number of nitrogens with zero attached hydrogens (tertiary/aromatic N) is 4. The molecule has 0 unspecified atom stereocenters. The largest absolute Gasteiger partial charge is 0.342 e. The summed E-state index contributed by atoms with van der Waals surface area (Å²) in [5.41, 5.74) is 0.351. The molecule has 0 aromatic carbocycles. The molecule has 25 heavy (non-hydrogen) atoms. The number of piperidine rings is 1. The van der Waals surface area contributed by atoms with Gasteiger partial charge in [-0.2, -0.15) is 0 Å². The summed E-state index contributed by atoms with van der Waals surface area (Å²) in [6.45, 7) is 1.76. The van der Waals surface area contributed by atoms with Gasteiger partial charge in [0.25, 0.3) is 0 Å². The van der Waals surface area contributed by atoms with E-state index >= 15 is 0 Å². The second-order valence-electron chi connectivity index (χ2n) is 9.57. The van der Waals surface area contributed by atoms with Gasteiger partial charge in [0.05, 0.1) is 0 Å². The molecule has 1 aromatic rings. The first-order valence-electron chi connectivity index (χ1n) is 10.2. The molecule has 1 atom stereocenters. The maximum absolute atomic E-state index is 13.2. The second-order valence-corrected chi connectivity index (χ2v) is 9.57. The predicted octanol–water partition coefficient (Wildman–Crippen LogP) is 3.13. The van der Waals surface area contributed by atoms with Crippen LogP contribution in [0.5, 0.6) is 0 Å². The highest BCUT2D eigenvalue weighted by Crippen LogP contribution is 2.61. The summed E-state index contributed by atoms with van der Waals surface area (Å²) in [5.74, 6) is 4.56. The zero-order valence-corrected chi connectivity index (χ0v) is 15.4. The molecule has 1 aromatic heterocycles. The Balaban J connectivity index is 1.27. The molecule has 5 aliphatic rings. The first kappa shape index (κ1) is 15.8.